The van der Waals surface area contributed by atoms with Crippen molar-refractivity contribution >= 4 is 5.91 Å². The van der Waals surface area contributed by atoms with E-state index in [1.165, 1.54) is 0 Å². The maximum absolute atomic E-state index is 11.5. The molecule has 4 N–H and O–H groups in total. The van der Waals surface area contributed by atoms with Crippen molar-refractivity contribution in [2.24, 2.45) is 11.1 Å². The predicted octanol–water partition coefficient (Wildman–Crippen LogP) is 1.03. The fraction of sp³-hybridized carbons (Fsp3) is 0.917. The maximum atomic E-state index is 11.5. The highest BCUT2D eigenvalue weighted by Gasteiger charge is 2.19. The molecule has 0 bridgehead atoms. The molecule has 0 unspecified atom stereocenters. The number of rotatable bonds is 7. The lowest BCUT2D eigenvalue weighted by molar-refractivity contribution is -0.122. The zero-order valence-corrected chi connectivity index (χ0v) is 11.0. The number of hydrogen-bond donors (Lipinski definition) is 3. The van der Waals surface area contributed by atoms with Crippen LogP contribution < -0.4 is 11.1 Å². The van der Waals surface area contributed by atoms with E-state index in [2.05, 4.69) is 19.2 Å². The van der Waals surface area contributed by atoms with Gasteiger partial charge in [0.15, 0.2) is 0 Å². The van der Waals surface area contributed by atoms with Gasteiger partial charge in [0, 0.05) is 13.0 Å². The van der Waals surface area contributed by atoms with E-state index in [9.17, 15) is 9.90 Å². The average Bonchev–Trinajstić information content (AvgIpc) is 2.10. The Hall–Kier alpha value is -0.610. The summed E-state index contributed by atoms with van der Waals surface area (Å²) in [6.07, 6.45) is 2.23. The number of carbonyl (C=O) groups excluding carboxylic acids is 1. The number of carbonyl (C=O) groups is 1. The Morgan fingerprint density at radius 3 is 2.25 bits per heavy atom. The molecule has 0 aromatic carbocycles. The van der Waals surface area contributed by atoms with E-state index in [4.69, 9.17) is 5.73 Å². The lowest BCUT2D eigenvalue weighted by Gasteiger charge is -2.24. The van der Waals surface area contributed by atoms with Gasteiger partial charge < -0.3 is 16.2 Å². The number of nitrogens with one attached hydrogen (secondary N) is 1. The van der Waals surface area contributed by atoms with Crippen LogP contribution >= 0.6 is 0 Å². The first kappa shape index (κ1) is 15.4. The third kappa shape index (κ3) is 8.68. The second-order valence-electron chi connectivity index (χ2n) is 5.79. The summed E-state index contributed by atoms with van der Waals surface area (Å²) >= 11 is 0. The van der Waals surface area contributed by atoms with Gasteiger partial charge in [-0.1, -0.05) is 13.8 Å². The lowest BCUT2D eigenvalue weighted by atomic mass is 9.84. The second-order valence-corrected chi connectivity index (χ2v) is 5.79. The quantitative estimate of drug-likeness (QED) is 0.611. The van der Waals surface area contributed by atoms with Gasteiger partial charge in [-0.25, -0.2) is 0 Å². The standard InChI is InChI=1S/C12H26N2O2/c1-11(2,7-8-13)6-5-10(15)14-9-12(3,4)16/h16H,5-9,13H2,1-4H3,(H,14,15). The van der Waals surface area contributed by atoms with E-state index >= 15 is 0 Å². The summed E-state index contributed by atoms with van der Waals surface area (Å²) in [7, 11) is 0. The lowest BCUT2D eigenvalue weighted by Crippen LogP contribution is -2.38. The molecule has 0 aliphatic rings. The molecule has 0 atom stereocenters. The zero-order chi connectivity index (χ0) is 12.8. The number of aliphatic hydroxyl groups is 1. The number of nitrogens with two attached hydrogens (primary N) is 1. The molecule has 4 nitrogen and oxygen atoms in total. The molecule has 0 radical (unpaired) electrons. The van der Waals surface area contributed by atoms with Crippen molar-refractivity contribution in [3.8, 4) is 0 Å². The fourth-order valence-corrected chi connectivity index (χ4v) is 1.37. The second kappa shape index (κ2) is 6.21. The number of hydrogen-bond acceptors (Lipinski definition) is 3. The number of amides is 1. The molecular weight excluding hydrogens is 204 g/mol. The molecule has 0 heterocycles. The van der Waals surface area contributed by atoms with Crippen LogP contribution in [0.5, 0.6) is 0 Å². The largest absolute Gasteiger partial charge is 0.389 e. The monoisotopic (exact) mass is 230 g/mol. The minimum absolute atomic E-state index is 0.00720. The van der Waals surface area contributed by atoms with E-state index in [0.29, 0.717) is 19.5 Å². The van der Waals surface area contributed by atoms with Crippen LogP contribution in [0.2, 0.25) is 0 Å². The van der Waals surface area contributed by atoms with Gasteiger partial charge in [0.1, 0.15) is 0 Å². The molecule has 4 heteroatoms. The Kier molecular flexibility index (Phi) is 5.97. The summed E-state index contributed by atoms with van der Waals surface area (Å²) in [5.41, 5.74) is 4.77. The Labute approximate surface area is 98.6 Å². The van der Waals surface area contributed by atoms with E-state index in [-0.39, 0.29) is 11.3 Å². The summed E-state index contributed by atoms with van der Waals surface area (Å²) in [6.45, 7) is 8.52. The molecule has 0 aromatic heterocycles. The van der Waals surface area contributed by atoms with Crippen molar-refractivity contribution in [3.05, 3.63) is 0 Å². The van der Waals surface area contributed by atoms with Crippen molar-refractivity contribution in [1.29, 1.82) is 0 Å². The molecule has 96 valence electrons. The Morgan fingerprint density at radius 2 is 1.81 bits per heavy atom. The third-order valence-corrected chi connectivity index (χ3v) is 2.57. The molecule has 0 rings (SSSR count). The highest BCUT2D eigenvalue weighted by Crippen LogP contribution is 2.25. The molecule has 0 aliphatic heterocycles. The van der Waals surface area contributed by atoms with Gasteiger partial charge in [0.05, 0.1) is 5.60 Å². The summed E-state index contributed by atoms with van der Waals surface area (Å²) in [5.74, 6) is -0.00720. The SMILES string of the molecule is CC(C)(O)CNC(=O)CCC(C)(C)CCN. The van der Waals surface area contributed by atoms with Gasteiger partial charge in [0.25, 0.3) is 0 Å². The summed E-state index contributed by atoms with van der Waals surface area (Å²) in [5, 5.41) is 12.2. The van der Waals surface area contributed by atoms with Gasteiger partial charge in [-0.15, -0.1) is 0 Å². The molecular formula is C12H26N2O2. The molecule has 0 fully saturated rings. The van der Waals surface area contributed by atoms with E-state index in [1.807, 2.05) is 0 Å². The van der Waals surface area contributed by atoms with Gasteiger partial charge in [0.2, 0.25) is 5.91 Å². The van der Waals surface area contributed by atoms with Crippen LogP contribution in [0.4, 0.5) is 0 Å². The summed E-state index contributed by atoms with van der Waals surface area (Å²) in [6, 6.07) is 0. The molecule has 0 aromatic rings. The molecule has 1 amide bonds. The van der Waals surface area contributed by atoms with Crippen molar-refractivity contribution < 1.29 is 9.90 Å². The van der Waals surface area contributed by atoms with Crippen molar-refractivity contribution in [2.75, 3.05) is 13.1 Å². The molecule has 0 saturated carbocycles. The first-order valence-electron chi connectivity index (χ1n) is 5.85. The van der Waals surface area contributed by atoms with Crippen LogP contribution in [0.1, 0.15) is 47.0 Å². The van der Waals surface area contributed by atoms with Crippen molar-refractivity contribution in [3.63, 3.8) is 0 Å². The van der Waals surface area contributed by atoms with Crippen LogP contribution in [0.3, 0.4) is 0 Å². The highest BCUT2D eigenvalue weighted by atomic mass is 16.3. The topological polar surface area (TPSA) is 75.3 Å². The zero-order valence-electron chi connectivity index (χ0n) is 11.0. The van der Waals surface area contributed by atoms with Gasteiger partial charge in [-0.3, -0.25) is 4.79 Å². The Bertz CT molecular complexity index is 220. The van der Waals surface area contributed by atoms with E-state index < -0.39 is 5.60 Å². The summed E-state index contributed by atoms with van der Waals surface area (Å²) in [4.78, 5) is 11.5. The average molecular weight is 230 g/mol. The van der Waals surface area contributed by atoms with E-state index in [0.717, 1.165) is 12.8 Å². The third-order valence-electron chi connectivity index (χ3n) is 2.57. The Morgan fingerprint density at radius 1 is 1.25 bits per heavy atom. The van der Waals surface area contributed by atoms with Gasteiger partial charge in [-0.2, -0.15) is 0 Å². The fourth-order valence-electron chi connectivity index (χ4n) is 1.37. The molecule has 16 heavy (non-hydrogen) atoms. The minimum atomic E-state index is -0.845. The highest BCUT2D eigenvalue weighted by molar-refractivity contribution is 5.75. The van der Waals surface area contributed by atoms with Crippen LogP contribution in [0.25, 0.3) is 0 Å². The molecule has 0 aliphatic carbocycles. The maximum Gasteiger partial charge on any atom is 0.220 e. The Balaban J connectivity index is 3.81. The van der Waals surface area contributed by atoms with Crippen molar-refractivity contribution in [1.82, 2.24) is 5.32 Å². The minimum Gasteiger partial charge on any atom is -0.389 e. The smallest absolute Gasteiger partial charge is 0.220 e. The van der Waals surface area contributed by atoms with E-state index in [1.54, 1.807) is 13.8 Å². The van der Waals surface area contributed by atoms with Crippen LogP contribution in [-0.2, 0) is 4.79 Å². The van der Waals surface area contributed by atoms with Gasteiger partial charge in [-0.05, 0) is 38.6 Å². The summed E-state index contributed by atoms with van der Waals surface area (Å²) < 4.78 is 0. The van der Waals surface area contributed by atoms with Crippen molar-refractivity contribution in [2.45, 2.75) is 52.6 Å². The first-order valence-corrected chi connectivity index (χ1v) is 5.85. The normalized spacial score (nSPS) is 12.6. The van der Waals surface area contributed by atoms with Crippen LogP contribution in [0, 0.1) is 5.41 Å². The van der Waals surface area contributed by atoms with Crippen LogP contribution in [-0.4, -0.2) is 29.7 Å². The van der Waals surface area contributed by atoms with Crippen LogP contribution in [0.15, 0.2) is 0 Å². The molecule has 0 saturated heterocycles. The molecule has 0 spiro atoms. The first-order chi connectivity index (χ1) is 7.16. The van der Waals surface area contributed by atoms with Gasteiger partial charge >= 0.3 is 0 Å². The predicted molar refractivity (Wildman–Crippen MR) is 66.0 cm³/mol.